The molecule has 0 spiro atoms. The zero-order valence-corrected chi connectivity index (χ0v) is 14.0. The summed E-state index contributed by atoms with van der Waals surface area (Å²) >= 11 is 2.79. The highest BCUT2D eigenvalue weighted by molar-refractivity contribution is 9.10. The van der Waals surface area contributed by atoms with E-state index >= 15 is 0 Å². The highest BCUT2D eigenvalue weighted by atomic mass is 79.9. The lowest BCUT2D eigenvalue weighted by Gasteiger charge is -2.10. The molecule has 10 heteroatoms. The van der Waals surface area contributed by atoms with E-state index in [0.717, 1.165) is 11.6 Å². The van der Waals surface area contributed by atoms with Crippen molar-refractivity contribution in [3.8, 4) is 11.6 Å². The lowest BCUT2D eigenvalue weighted by atomic mass is 10.1. The number of nitrogen functional groups attached to an aromatic ring is 1. The molecule has 6 nitrogen and oxygen atoms in total. The summed E-state index contributed by atoms with van der Waals surface area (Å²) in [5, 5.41) is 7.62. The maximum atomic E-state index is 12.9. The minimum Gasteiger partial charge on any atom is -0.417 e. The maximum absolute atomic E-state index is 12.9. The van der Waals surface area contributed by atoms with Gasteiger partial charge in [0.25, 0.3) is 5.89 Å². The molecule has 0 aliphatic carbocycles. The Balaban J connectivity index is 1.97. The van der Waals surface area contributed by atoms with Crippen molar-refractivity contribution >= 4 is 21.6 Å². The molecule has 130 valence electrons. The number of benzene rings is 1. The van der Waals surface area contributed by atoms with E-state index in [2.05, 4.69) is 31.1 Å². The van der Waals surface area contributed by atoms with Gasteiger partial charge in [-0.1, -0.05) is 30.3 Å². The fourth-order valence-corrected chi connectivity index (χ4v) is 2.65. The van der Waals surface area contributed by atoms with Gasteiger partial charge in [-0.05, 0) is 27.6 Å². The first-order chi connectivity index (χ1) is 11.8. The molecule has 0 bridgehead atoms. The van der Waals surface area contributed by atoms with Crippen molar-refractivity contribution in [2.75, 3.05) is 5.73 Å². The zero-order chi connectivity index (χ0) is 18.2. The number of rotatable bonds is 3. The predicted octanol–water partition coefficient (Wildman–Crippen LogP) is 3.54. The summed E-state index contributed by atoms with van der Waals surface area (Å²) in [6.07, 6.45) is -4.59. The zero-order valence-electron chi connectivity index (χ0n) is 12.5. The third-order valence-electron chi connectivity index (χ3n) is 3.38. The number of anilines is 1. The average molecular weight is 414 g/mol. The van der Waals surface area contributed by atoms with E-state index in [-0.39, 0.29) is 23.2 Å². The third kappa shape index (κ3) is 3.49. The fraction of sp³-hybridized carbons (Fsp3) is 0.133. The van der Waals surface area contributed by atoms with Crippen LogP contribution in [0.1, 0.15) is 23.1 Å². The highest BCUT2D eigenvalue weighted by Crippen LogP contribution is 2.37. The normalized spacial score (nSPS) is 13.0. The Labute approximate surface area is 148 Å². The maximum Gasteiger partial charge on any atom is 0.419 e. The molecule has 2 heterocycles. The third-order valence-corrected chi connectivity index (χ3v) is 3.98. The van der Waals surface area contributed by atoms with Gasteiger partial charge in [-0.3, -0.25) is 0 Å². The van der Waals surface area contributed by atoms with Gasteiger partial charge in [0.1, 0.15) is 10.6 Å². The number of hydrogen-bond donors (Lipinski definition) is 2. The van der Waals surface area contributed by atoms with Crippen molar-refractivity contribution in [1.82, 2.24) is 15.2 Å². The molecule has 1 aromatic carbocycles. The molecule has 0 amide bonds. The number of aromatic nitrogens is 3. The van der Waals surface area contributed by atoms with E-state index in [9.17, 15) is 13.2 Å². The van der Waals surface area contributed by atoms with Crippen LogP contribution in [-0.4, -0.2) is 15.2 Å². The standard InChI is InChI=1S/C15H11BrF3N5O/c16-12-8(15(17,18)19)6-9(20)11(22-12)14-24-23-13(25-14)10(21)7-4-2-1-3-5-7/h1-6,10H,20-21H2. The first-order valence-corrected chi connectivity index (χ1v) is 7.74. The second-order valence-electron chi connectivity index (χ2n) is 5.10. The molecule has 3 aromatic rings. The van der Waals surface area contributed by atoms with Gasteiger partial charge in [-0.25, -0.2) is 4.98 Å². The van der Waals surface area contributed by atoms with Crippen molar-refractivity contribution in [3.63, 3.8) is 0 Å². The topological polar surface area (TPSA) is 104 Å². The molecule has 4 N–H and O–H groups in total. The lowest BCUT2D eigenvalue weighted by Crippen LogP contribution is -2.12. The molecule has 1 atom stereocenters. The summed E-state index contributed by atoms with van der Waals surface area (Å²) in [6.45, 7) is 0. The van der Waals surface area contributed by atoms with E-state index < -0.39 is 22.4 Å². The predicted molar refractivity (Wildman–Crippen MR) is 87.1 cm³/mol. The van der Waals surface area contributed by atoms with Crippen molar-refractivity contribution in [1.29, 1.82) is 0 Å². The molecule has 0 saturated heterocycles. The summed E-state index contributed by atoms with van der Waals surface area (Å²) in [4.78, 5) is 3.79. The number of nitrogens with zero attached hydrogens (tertiary/aromatic N) is 3. The summed E-state index contributed by atoms with van der Waals surface area (Å²) in [7, 11) is 0. The van der Waals surface area contributed by atoms with Gasteiger partial charge < -0.3 is 15.9 Å². The molecule has 0 aliphatic rings. The Morgan fingerprint density at radius 1 is 1.12 bits per heavy atom. The molecule has 2 aromatic heterocycles. The Morgan fingerprint density at radius 2 is 1.80 bits per heavy atom. The number of alkyl halides is 3. The van der Waals surface area contributed by atoms with Crippen LogP contribution in [0.3, 0.4) is 0 Å². The molecule has 0 fully saturated rings. The van der Waals surface area contributed by atoms with E-state index in [4.69, 9.17) is 15.9 Å². The van der Waals surface area contributed by atoms with Crippen molar-refractivity contribution < 1.29 is 17.6 Å². The number of pyridine rings is 1. The minimum atomic E-state index is -4.59. The summed E-state index contributed by atoms with van der Waals surface area (Å²) in [5.74, 6) is -0.0216. The van der Waals surface area contributed by atoms with Crippen LogP contribution in [0.2, 0.25) is 0 Å². The Hall–Kier alpha value is -2.46. The van der Waals surface area contributed by atoms with Crippen molar-refractivity contribution in [2.24, 2.45) is 5.73 Å². The first kappa shape index (κ1) is 17.4. The SMILES string of the molecule is Nc1cc(C(F)(F)F)c(Br)nc1-c1nnc(C(N)c2ccccc2)o1. The van der Waals surface area contributed by atoms with E-state index in [0.29, 0.717) is 0 Å². The van der Waals surface area contributed by atoms with E-state index in [1.807, 2.05) is 6.07 Å². The summed E-state index contributed by atoms with van der Waals surface area (Å²) < 4.78 is 43.6. The summed E-state index contributed by atoms with van der Waals surface area (Å²) in [6, 6.07) is 9.10. The molecule has 3 rings (SSSR count). The highest BCUT2D eigenvalue weighted by Gasteiger charge is 2.35. The smallest absolute Gasteiger partial charge is 0.417 e. The molecule has 0 aliphatic heterocycles. The Bertz CT molecular complexity index is 898. The van der Waals surface area contributed by atoms with Gasteiger partial charge >= 0.3 is 6.18 Å². The van der Waals surface area contributed by atoms with Crippen molar-refractivity contribution in [3.05, 3.63) is 58.0 Å². The van der Waals surface area contributed by atoms with Crippen LogP contribution in [0.25, 0.3) is 11.6 Å². The second kappa shape index (κ2) is 6.45. The number of hydrogen-bond acceptors (Lipinski definition) is 6. The van der Waals surface area contributed by atoms with Gasteiger partial charge in [0.2, 0.25) is 5.89 Å². The quantitative estimate of drug-likeness (QED) is 0.636. The molecule has 0 radical (unpaired) electrons. The molecular formula is C15H11BrF3N5O. The van der Waals surface area contributed by atoms with Crippen LogP contribution in [-0.2, 0) is 6.18 Å². The van der Waals surface area contributed by atoms with Gasteiger partial charge in [-0.15, -0.1) is 10.2 Å². The Morgan fingerprint density at radius 3 is 2.44 bits per heavy atom. The molecule has 1 unspecified atom stereocenters. The van der Waals surface area contributed by atoms with Crippen LogP contribution >= 0.6 is 15.9 Å². The Kier molecular flexibility index (Phi) is 4.48. The van der Waals surface area contributed by atoms with Gasteiger partial charge in [0.05, 0.1) is 11.3 Å². The molecule has 25 heavy (non-hydrogen) atoms. The van der Waals surface area contributed by atoms with Crippen LogP contribution in [0, 0.1) is 0 Å². The largest absolute Gasteiger partial charge is 0.419 e. The molecule has 0 saturated carbocycles. The van der Waals surface area contributed by atoms with E-state index in [1.54, 1.807) is 24.3 Å². The second-order valence-corrected chi connectivity index (χ2v) is 5.85. The fourth-order valence-electron chi connectivity index (χ4n) is 2.14. The number of halogens is 4. The first-order valence-electron chi connectivity index (χ1n) is 6.95. The molecular weight excluding hydrogens is 403 g/mol. The van der Waals surface area contributed by atoms with Crippen LogP contribution < -0.4 is 11.5 Å². The van der Waals surface area contributed by atoms with Gasteiger partial charge in [0, 0.05) is 0 Å². The van der Waals surface area contributed by atoms with Gasteiger partial charge in [-0.2, -0.15) is 13.2 Å². The van der Waals surface area contributed by atoms with Crippen LogP contribution in [0.5, 0.6) is 0 Å². The summed E-state index contributed by atoms with van der Waals surface area (Å²) in [5.41, 5.74) is 11.2. The minimum absolute atomic E-state index is 0.0566. The van der Waals surface area contributed by atoms with Crippen LogP contribution in [0.15, 0.2) is 45.4 Å². The number of nitrogens with two attached hydrogens (primary N) is 2. The van der Waals surface area contributed by atoms with Gasteiger partial charge in [0.15, 0.2) is 5.69 Å². The average Bonchev–Trinajstić information content (AvgIpc) is 3.05. The van der Waals surface area contributed by atoms with E-state index in [1.165, 1.54) is 0 Å². The van der Waals surface area contributed by atoms with Crippen molar-refractivity contribution in [2.45, 2.75) is 12.2 Å². The lowest BCUT2D eigenvalue weighted by molar-refractivity contribution is -0.138. The monoisotopic (exact) mass is 413 g/mol. The van der Waals surface area contributed by atoms with Crippen LogP contribution in [0.4, 0.5) is 18.9 Å².